The number of hydrogen-bond donors (Lipinski definition) is 0. The number of Topliss-reactive ketones (excluding diaryl/α,β-unsaturated/α-hetero) is 1. The fourth-order valence-corrected chi connectivity index (χ4v) is 2.53. The van der Waals surface area contributed by atoms with Crippen LogP contribution >= 0.6 is 0 Å². The largest absolute Gasteiger partial charge is 0.488 e. The van der Waals surface area contributed by atoms with Crippen molar-refractivity contribution in [2.75, 3.05) is 0 Å². The van der Waals surface area contributed by atoms with E-state index >= 15 is 0 Å². The number of carbonyl (C=O) groups is 1. The zero-order chi connectivity index (χ0) is 13.8. The van der Waals surface area contributed by atoms with Gasteiger partial charge in [0.2, 0.25) is 0 Å². The number of carbonyl (C=O) groups excluding carboxylic acids is 1. The van der Waals surface area contributed by atoms with E-state index in [4.69, 9.17) is 9.15 Å². The van der Waals surface area contributed by atoms with Crippen LogP contribution in [0, 0.1) is 12.3 Å². The molecule has 1 unspecified atom stereocenters. The molecule has 3 nitrogen and oxygen atoms in total. The molecular formula is C16H18O3. The van der Waals surface area contributed by atoms with Gasteiger partial charge in [0.1, 0.15) is 17.4 Å². The molecule has 0 bridgehead atoms. The molecule has 1 aromatic heterocycles. The van der Waals surface area contributed by atoms with Gasteiger partial charge in [0.25, 0.3) is 0 Å². The third-order valence-electron chi connectivity index (χ3n) is 3.77. The lowest BCUT2D eigenvalue weighted by molar-refractivity contribution is 0.0554. The summed E-state index contributed by atoms with van der Waals surface area (Å²) in [5.41, 5.74) is 2.40. The quantitative estimate of drug-likeness (QED) is 0.713. The molecular weight excluding hydrogens is 240 g/mol. The van der Waals surface area contributed by atoms with Gasteiger partial charge in [-0.1, -0.05) is 20.8 Å². The first-order valence-electron chi connectivity index (χ1n) is 6.58. The standard InChI is InChI=1S/C16H18O3/c1-9-8-18-12-6-5-10-11(17)7-13(16(2,3)4)19-15(10)14(9)12/h5-6,8,13H,7H2,1-4H3. The molecule has 0 N–H and O–H groups in total. The summed E-state index contributed by atoms with van der Waals surface area (Å²) in [5, 5.41) is 0.930. The van der Waals surface area contributed by atoms with Crippen molar-refractivity contribution in [3.63, 3.8) is 0 Å². The third-order valence-corrected chi connectivity index (χ3v) is 3.77. The van der Waals surface area contributed by atoms with Gasteiger partial charge in [-0.2, -0.15) is 0 Å². The minimum Gasteiger partial charge on any atom is -0.488 e. The van der Waals surface area contributed by atoms with Gasteiger partial charge < -0.3 is 9.15 Å². The molecule has 0 amide bonds. The topological polar surface area (TPSA) is 39.4 Å². The number of benzene rings is 1. The summed E-state index contributed by atoms with van der Waals surface area (Å²) in [6.45, 7) is 8.26. The van der Waals surface area contributed by atoms with Gasteiger partial charge >= 0.3 is 0 Å². The number of ketones is 1. The number of rotatable bonds is 0. The highest BCUT2D eigenvalue weighted by Crippen LogP contribution is 2.41. The van der Waals surface area contributed by atoms with Crippen molar-refractivity contribution in [2.24, 2.45) is 5.41 Å². The van der Waals surface area contributed by atoms with E-state index in [1.54, 1.807) is 6.26 Å². The van der Waals surface area contributed by atoms with Crippen LogP contribution < -0.4 is 4.74 Å². The molecule has 0 saturated carbocycles. The lowest BCUT2D eigenvalue weighted by atomic mass is 9.83. The maximum atomic E-state index is 12.3. The van der Waals surface area contributed by atoms with Crippen LogP contribution in [0.4, 0.5) is 0 Å². The van der Waals surface area contributed by atoms with E-state index in [9.17, 15) is 4.79 Å². The van der Waals surface area contributed by atoms with Crippen LogP contribution in [0.5, 0.6) is 5.75 Å². The van der Waals surface area contributed by atoms with Crippen LogP contribution in [-0.2, 0) is 0 Å². The Bertz CT molecular complexity index is 658. The van der Waals surface area contributed by atoms with Crippen LogP contribution in [-0.4, -0.2) is 11.9 Å². The smallest absolute Gasteiger partial charge is 0.170 e. The Kier molecular flexibility index (Phi) is 2.49. The average molecular weight is 258 g/mol. The summed E-state index contributed by atoms with van der Waals surface area (Å²) >= 11 is 0. The van der Waals surface area contributed by atoms with E-state index < -0.39 is 0 Å². The predicted octanol–water partition coefficient (Wildman–Crippen LogP) is 4.12. The highest BCUT2D eigenvalue weighted by atomic mass is 16.5. The van der Waals surface area contributed by atoms with E-state index in [-0.39, 0.29) is 17.3 Å². The van der Waals surface area contributed by atoms with E-state index in [2.05, 4.69) is 20.8 Å². The van der Waals surface area contributed by atoms with E-state index in [1.807, 2.05) is 19.1 Å². The SMILES string of the molecule is Cc1coc2ccc3c(c12)OC(C(C)(C)C)CC3=O. The van der Waals surface area contributed by atoms with Crippen LogP contribution in [0.15, 0.2) is 22.8 Å². The monoisotopic (exact) mass is 258 g/mol. The summed E-state index contributed by atoms with van der Waals surface area (Å²) in [4.78, 5) is 12.3. The van der Waals surface area contributed by atoms with Gasteiger partial charge in [-0.25, -0.2) is 0 Å². The minimum absolute atomic E-state index is 0.0623. The Morgan fingerprint density at radius 1 is 1.26 bits per heavy atom. The fourth-order valence-electron chi connectivity index (χ4n) is 2.53. The number of furan rings is 1. The highest BCUT2D eigenvalue weighted by Gasteiger charge is 2.35. The Hall–Kier alpha value is -1.77. The number of aryl methyl sites for hydroxylation is 1. The first-order chi connectivity index (χ1) is 8.88. The van der Waals surface area contributed by atoms with Crippen molar-refractivity contribution < 1.29 is 13.9 Å². The molecule has 3 heteroatoms. The second-order valence-corrected chi connectivity index (χ2v) is 6.33. The molecule has 2 aromatic rings. The molecule has 100 valence electrons. The molecule has 3 rings (SSSR count). The number of ether oxygens (including phenoxy) is 1. The number of fused-ring (bicyclic) bond motifs is 3. The lowest BCUT2D eigenvalue weighted by Gasteiger charge is -2.34. The molecule has 0 aliphatic carbocycles. The van der Waals surface area contributed by atoms with E-state index in [1.165, 1.54) is 0 Å². The molecule has 2 heterocycles. The minimum atomic E-state index is -0.0904. The molecule has 1 aromatic carbocycles. The van der Waals surface area contributed by atoms with Crippen molar-refractivity contribution >= 4 is 16.8 Å². The average Bonchev–Trinajstić information content (AvgIpc) is 2.70. The zero-order valence-electron chi connectivity index (χ0n) is 11.7. The molecule has 1 aliphatic rings. The van der Waals surface area contributed by atoms with Gasteiger partial charge in [-0.15, -0.1) is 0 Å². The maximum absolute atomic E-state index is 12.3. The second kappa shape index (κ2) is 3.86. The summed E-state index contributed by atoms with van der Waals surface area (Å²) < 4.78 is 11.6. The summed E-state index contributed by atoms with van der Waals surface area (Å²) in [6, 6.07) is 3.65. The Balaban J connectivity index is 2.21. The van der Waals surface area contributed by atoms with Crippen LogP contribution in [0.2, 0.25) is 0 Å². The van der Waals surface area contributed by atoms with Crippen LogP contribution in [0.3, 0.4) is 0 Å². The summed E-state index contributed by atoms with van der Waals surface area (Å²) in [5.74, 6) is 0.851. The van der Waals surface area contributed by atoms with Crippen molar-refractivity contribution in [2.45, 2.75) is 40.2 Å². The summed E-state index contributed by atoms with van der Waals surface area (Å²) in [7, 11) is 0. The van der Waals surface area contributed by atoms with Crippen LogP contribution in [0.1, 0.15) is 43.1 Å². The van der Waals surface area contributed by atoms with Gasteiger partial charge in [0.05, 0.1) is 17.2 Å². The van der Waals surface area contributed by atoms with Crippen molar-refractivity contribution in [3.8, 4) is 5.75 Å². The molecule has 0 spiro atoms. The molecule has 0 radical (unpaired) electrons. The highest BCUT2D eigenvalue weighted by molar-refractivity contribution is 6.06. The molecule has 0 fully saturated rings. The van der Waals surface area contributed by atoms with Gasteiger partial charge in [-0.3, -0.25) is 4.79 Å². The molecule has 19 heavy (non-hydrogen) atoms. The first-order valence-corrected chi connectivity index (χ1v) is 6.58. The fraction of sp³-hybridized carbons (Fsp3) is 0.438. The first kappa shape index (κ1) is 12.3. The van der Waals surface area contributed by atoms with Crippen molar-refractivity contribution in [3.05, 3.63) is 29.5 Å². The second-order valence-electron chi connectivity index (χ2n) is 6.33. The van der Waals surface area contributed by atoms with Gasteiger partial charge in [-0.05, 0) is 30.0 Å². The number of hydrogen-bond acceptors (Lipinski definition) is 3. The Labute approximate surface area is 112 Å². The zero-order valence-corrected chi connectivity index (χ0v) is 11.7. The molecule has 1 atom stereocenters. The predicted molar refractivity (Wildman–Crippen MR) is 73.8 cm³/mol. The maximum Gasteiger partial charge on any atom is 0.170 e. The normalized spacial score (nSPS) is 19.4. The molecule has 1 aliphatic heterocycles. The Morgan fingerprint density at radius 2 is 2.00 bits per heavy atom. The van der Waals surface area contributed by atoms with Gasteiger partial charge in [0.15, 0.2) is 5.78 Å². The van der Waals surface area contributed by atoms with Gasteiger partial charge in [0, 0.05) is 6.42 Å². The lowest BCUT2D eigenvalue weighted by Crippen LogP contribution is -2.37. The van der Waals surface area contributed by atoms with E-state index in [0.717, 1.165) is 16.5 Å². The molecule has 0 saturated heterocycles. The Morgan fingerprint density at radius 3 is 2.68 bits per heavy atom. The van der Waals surface area contributed by atoms with E-state index in [0.29, 0.717) is 17.7 Å². The van der Waals surface area contributed by atoms with Crippen molar-refractivity contribution in [1.29, 1.82) is 0 Å². The van der Waals surface area contributed by atoms with Crippen molar-refractivity contribution in [1.82, 2.24) is 0 Å². The third kappa shape index (κ3) is 1.84. The van der Waals surface area contributed by atoms with Crippen LogP contribution in [0.25, 0.3) is 11.0 Å². The summed E-state index contributed by atoms with van der Waals surface area (Å²) in [6.07, 6.45) is 2.06.